The van der Waals surface area contributed by atoms with Gasteiger partial charge in [0.1, 0.15) is 34.4 Å². The van der Waals surface area contributed by atoms with Crippen LogP contribution >= 0.6 is 0 Å². The van der Waals surface area contributed by atoms with Crippen molar-refractivity contribution in [2.24, 2.45) is 5.41 Å². The third-order valence-electron chi connectivity index (χ3n) is 6.97. The number of benzene rings is 2. The summed E-state index contributed by atoms with van der Waals surface area (Å²) in [6.45, 7) is 2.41. The van der Waals surface area contributed by atoms with Gasteiger partial charge < -0.3 is 15.4 Å². The summed E-state index contributed by atoms with van der Waals surface area (Å²) >= 11 is 0. The summed E-state index contributed by atoms with van der Waals surface area (Å²) in [6.07, 6.45) is 6.70. The molecule has 7 heteroatoms. The van der Waals surface area contributed by atoms with E-state index in [9.17, 15) is 4.79 Å². The van der Waals surface area contributed by atoms with Crippen molar-refractivity contribution in [1.29, 1.82) is 0 Å². The molecule has 2 N–H and O–H groups in total. The SMILES string of the molecule is CC#CC(=O)N1CC2(CC2)CC1c1nc(-c2ccc(Oc3ccccc3)cc2)c2c(N)nccn12. The summed E-state index contributed by atoms with van der Waals surface area (Å²) < 4.78 is 7.92. The maximum absolute atomic E-state index is 12.9. The number of ether oxygens (including phenoxy) is 1. The van der Waals surface area contributed by atoms with Crippen LogP contribution in [0.15, 0.2) is 67.0 Å². The molecule has 2 aliphatic rings. The number of nitrogens with two attached hydrogens (primary N) is 1. The van der Waals surface area contributed by atoms with E-state index in [1.54, 1.807) is 13.1 Å². The fourth-order valence-electron chi connectivity index (χ4n) is 5.05. The number of nitrogens with zero attached hydrogens (tertiary/aromatic N) is 4. The van der Waals surface area contributed by atoms with E-state index in [1.165, 1.54) is 0 Å². The van der Waals surface area contributed by atoms with Crippen molar-refractivity contribution < 1.29 is 9.53 Å². The molecule has 174 valence electrons. The maximum Gasteiger partial charge on any atom is 0.299 e. The summed E-state index contributed by atoms with van der Waals surface area (Å²) in [5.41, 5.74) is 8.92. The van der Waals surface area contributed by atoms with Crippen molar-refractivity contribution in [2.75, 3.05) is 12.3 Å². The molecular weight excluding hydrogens is 438 g/mol. The molecule has 0 bridgehead atoms. The Balaban J connectivity index is 1.40. The van der Waals surface area contributed by atoms with Crippen LogP contribution < -0.4 is 10.5 Å². The Bertz CT molecular complexity index is 1480. The Morgan fingerprint density at radius 1 is 1.11 bits per heavy atom. The van der Waals surface area contributed by atoms with Crippen molar-refractivity contribution >= 4 is 17.2 Å². The number of hydrogen-bond acceptors (Lipinski definition) is 5. The highest BCUT2D eigenvalue weighted by Gasteiger charge is 2.54. The van der Waals surface area contributed by atoms with Gasteiger partial charge in [0.25, 0.3) is 5.91 Å². The lowest BCUT2D eigenvalue weighted by Crippen LogP contribution is -2.31. The first-order chi connectivity index (χ1) is 17.1. The van der Waals surface area contributed by atoms with Gasteiger partial charge >= 0.3 is 0 Å². The molecule has 0 radical (unpaired) electrons. The zero-order valence-electron chi connectivity index (χ0n) is 19.4. The Hall–Kier alpha value is -4.31. The molecule has 3 heterocycles. The lowest BCUT2D eigenvalue weighted by atomic mass is 10.0. The van der Waals surface area contributed by atoms with Gasteiger partial charge in [-0.2, -0.15) is 0 Å². The minimum atomic E-state index is -0.158. The van der Waals surface area contributed by atoms with E-state index in [0.717, 1.165) is 59.9 Å². The average molecular weight is 464 g/mol. The number of fused-ring (bicyclic) bond motifs is 1. The van der Waals surface area contributed by atoms with Gasteiger partial charge in [0, 0.05) is 24.5 Å². The fraction of sp³-hybridized carbons (Fsp3) is 0.250. The highest BCUT2D eigenvalue weighted by Crippen LogP contribution is 2.58. The third-order valence-corrected chi connectivity index (χ3v) is 6.97. The number of anilines is 1. The van der Waals surface area contributed by atoms with Crippen molar-refractivity contribution in [3.63, 3.8) is 0 Å². The summed E-state index contributed by atoms with van der Waals surface area (Å²) in [5, 5.41) is 0. The van der Waals surface area contributed by atoms with Crippen LogP contribution in [0.3, 0.4) is 0 Å². The Morgan fingerprint density at radius 3 is 2.57 bits per heavy atom. The Morgan fingerprint density at radius 2 is 1.86 bits per heavy atom. The second-order valence-corrected chi connectivity index (χ2v) is 9.32. The van der Waals surface area contributed by atoms with Gasteiger partial charge in [0.05, 0.1) is 6.04 Å². The topological polar surface area (TPSA) is 85.8 Å². The number of rotatable bonds is 4. The van der Waals surface area contributed by atoms with E-state index in [4.69, 9.17) is 15.5 Å². The summed E-state index contributed by atoms with van der Waals surface area (Å²) in [4.78, 5) is 24.1. The number of nitrogen functional groups attached to an aromatic ring is 1. The number of carbonyl (C=O) groups excluding carboxylic acids is 1. The molecular formula is C28H25N5O2. The first kappa shape index (κ1) is 21.2. The van der Waals surface area contributed by atoms with Crippen LogP contribution in [-0.2, 0) is 4.79 Å². The van der Waals surface area contributed by atoms with Gasteiger partial charge in [-0.3, -0.25) is 9.20 Å². The highest BCUT2D eigenvalue weighted by atomic mass is 16.5. The van der Waals surface area contributed by atoms with Crippen LogP contribution in [0, 0.1) is 17.3 Å². The standard InChI is InChI=1S/C28H25N5O2/c1-2-6-23(34)33-18-28(13-14-28)17-22(33)27-31-24(25-26(29)30-15-16-32(25)27)19-9-11-21(12-10-19)35-20-7-4-3-5-8-20/h3-5,7-12,15-16,22H,13-14,17-18H2,1H3,(H2,29,30). The molecule has 1 saturated carbocycles. The van der Waals surface area contributed by atoms with Crippen LogP contribution in [0.5, 0.6) is 11.5 Å². The first-order valence-electron chi connectivity index (χ1n) is 11.8. The monoisotopic (exact) mass is 463 g/mol. The number of hydrogen-bond donors (Lipinski definition) is 1. The predicted molar refractivity (Wildman–Crippen MR) is 134 cm³/mol. The van der Waals surface area contributed by atoms with Crippen molar-refractivity contribution in [3.8, 4) is 34.6 Å². The van der Waals surface area contributed by atoms with Crippen molar-refractivity contribution in [2.45, 2.75) is 32.2 Å². The summed E-state index contributed by atoms with van der Waals surface area (Å²) in [6, 6.07) is 17.3. The molecule has 1 atom stereocenters. The van der Waals surface area contributed by atoms with Crippen LogP contribution in [0.2, 0.25) is 0 Å². The van der Waals surface area contributed by atoms with E-state index in [1.807, 2.05) is 70.1 Å². The Kier molecular flexibility index (Phi) is 4.96. The third kappa shape index (κ3) is 3.77. The zero-order chi connectivity index (χ0) is 24.0. The normalized spacial score (nSPS) is 17.9. The molecule has 35 heavy (non-hydrogen) atoms. The second-order valence-electron chi connectivity index (χ2n) is 9.32. The minimum absolute atomic E-state index is 0.149. The van der Waals surface area contributed by atoms with Crippen LogP contribution in [-0.4, -0.2) is 31.7 Å². The number of imidazole rings is 1. The number of amides is 1. The molecule has 2 aromatic heterocycles. The molecule has 6 rings (SSSR count). The van der Waals surface area contributed by atoms with Gasteiger partial charge in [0.15, 0.2) is 0 Å². The van der Waals surface area contributed by atoms with Gasteiger partial charge in [-0.1, -0.05) is 24.1 Å². The smallest absolute Gasteiger partial charge is 0.299 e. The minimum Gasteiger partial charge on any atom is -0.457 e. The Labute approximate surface area is 203 Å². The van der Waals surface area contributed by atoms with E-state index >= 15 is 0 Å². The summed E-state index contributed by atoms with van der Waals surface area (Å²) in [5.74, 6) is 8.03. The van der Waals surface area contributed by atoms with Crippen LogP contribution in [0.25, 0.3) is 16.8 Å². The van der Waals surface area contributed by atoms with E-state index in [-0.39, 0.29) is 17.4 Å². The first-order valence-corrected chi connectivity index (χ1v) is 11.8. The van der Waals surface area contributed by atoms with Crippen molar-refractivity contribution in [1.82, 2.24) is 19.3 Å². The molecule has 1 aliphatic heterocycles. The van der Waals surface area contributed by atoms with Crippen molar-refractivity contribution in [3.05, 3.63) is 72.8 Å². The van der Waals surface area contributed by atoms with E-state index in [0.29, 0.717) is 5.82 Å². The lowest BCUT2D eigenvalue weighted by molar-refractivity contribution is -0.126. The zero-order valence-corrected chi connectivity index (χ0v) is 19.4. The molecule has 7 nitrogen and oxygen atoms in total. The largest absolute Gasteiger partial charge is 0.457 e. The number of carbonyl (C=O) groups is 1. The van der Waals surface area contributed by atoms with Gasteiger partial charge in [-0.05, 0) is 73.9 Å². The van der Waals surface area contributed by atoms with E-state index in [2.05, 4.69) is 16.8 Å². The molecule has 1 amide bonds. The summed E-state index contributed by atoms with van der Waals surface area (Å²) in [7, 11) is 0. The average Bonchev–Trinajstić information content (AvgIpc) is 3.35. The molecule has 2 fully saturated rings. The highest BCUT2D eigenvalue weighted by molar-refractivity contribution is 5.94. The van der Waals surface area contributed by atoms with E-state index < -0.39 is 0 Å². The van der Waals surface area contributed by atoms with Crippen LogP contribution in [0.4, 0.5) is 5.82 Å². The fourth-order valence-corrected chi connectivity index (χ4v) is 5.05. The number of likely N-dealkylation sites (tertiary alicyclic amines) is 1. The lowest BCUT2D eigenvalue weighted by Gasteiger charge is -2.21. The molecule has 1 spiro atoms. The molecule has 1 unspecified atom stereocenters. The van der Waals surface area contributed by atoms with Gasteiger partial charge in [-0.15, -0.1) is 0 Å². The maximum atomic E-state index is 12.9. The van der Waals surface area contributed by atoms with Crippen LogP contribution in [0.1, 0.15) is 38.1 Å². The number of aromatic nitrogens is 3. The molecule has 2 aromatic carbocycles. The molecule has 4 aromatic rings. The van der Waals surface area contributed by atoms with Gasteiger partial charge in [0.2, 0.25) is 0 Å². The predicted octanol–water partition coefficient (Wildman–Crippen LogP) is 4.85. The van der Waals surface area contributed by atoms with Gasteiger partial charge in [-0.25, -0.2) is 9.97 Å². The molecule has 1 aliphatic carbocycles. The second kappa shape index (κ2) is 8.17. The molecule has 1 saturated heterocycles. The quantitative estimate of drug-likeness (QED) is 0.438. The number of para-hydroxylation sites is 1.